The van der Waals surface area contributed by atoms with E-state index in [2.05, 4.69) is 5.09 Å². The summed E-state index contributed by atoms with van der Waals surface area (Å²) in [6.45, 7) is 4.33. The van der Waals surface area contributed by atoms with E-state index in [-0.39, 0.29) is 0 Å². The van der Waals surface area contributed by atoms with Crippen molar-refractivity contribution < 1.29 is 9.09 Å². The molecule has 0 aliphatic heterocycles. The maximum absolute atomic E-state index is 11.8. The lowest BCUT2D eigenvalue weighted by Gasteiger charge is -2.15. The van der Waals surface area contributed by atoms with Gasteiger partial charge in [0.05, 0.1) is 0 Å². The third-order valence-electron chi connectivity index (χ3n) is 1.67. The van der Waals surface area contributed by atoms with Gasteiger partial charge in [-0.3, -0.25) is 4.57 Å². The molecule has 0 amide bonds. The number of hydrogen-bond donors (Lipinski definition) is 1. The second kappa shape index (κ2) is 5.18. The van der Waals surface area contributed by atoms with Crippen LogP contribution >= 0.6 is 7.52 Å². The van der Waals surface area contributed by atoms with Crippen LogP contribution in [0.4, 0.5) is 0 Å². The zero-order valence-electron chi connectivity index (χ0n) is 8.56. The van der Waals surface area contributed by atoms with Crippen LogP contribution in [0, 0.1) is 0 Å². The maximum atomic E-state index is 11.8. The molecule has 0 aromatic heterocycles. The number of hydrogen-bond acceptors (Lipinski definition) is 2. The fourth-order valence-electron chi connectivity index (χ4n) is 1.03. The molecule has 1 unspecified atom stereocenters. The van der Waals surface area contributed by atoms with Gasteiger partial charge >= 0.3 is 7.52 Å². The Kier molecular flexibility index (Phi) is 4.18. The van der Waals surface area contributed by atoms with E-state index in [1.54, 1.807) is 18.8 Å². The van der Waals surface area contributed by atoms with E-state index in [9.17, 15) is 4.57 Å². The van der Waals surface area contributed by atoms with Gasteiger partial charge in [0, 0.05) is 13.2 Å². The molecule has 0 heterocycles. The molecule has 0 spiro atoms. The highest BCUT2D eigenvalue weighted by molar-refractivity contribution is 7.56. The molecule has 1 N–H and O–H groups in total. The van der Waals surface area contributed by atoms with E-state index in [0.717, 1.165) is 6.42 Å². The minimum Gasteiger partial charge on any atom is -0.433 e. The smallest absolute Gasteiger partial charge is 0.313 e. The first-order valence-corrected chi connectivity index (χ1v) is 6.78. The Morgan fingerprint density at radius 3 is 2.57 bits per heavy atom. The number of para-hydroxylation sites is 1. The summed E-state index contributed by atoms with van der Waals surface area (Å²) >= 11 is 0. The molecule has 0 radical (unpaired) electrons. The van der Waals surface area contributed by atoms with E-state index in [4.69, 9.17) is 4.52 Å². The lowest BCUT2D eigenvalue weighted by atomic mass is 10.3. The summed E-state index contributed by atoms with van der Waals surface area (Å²) in [7, 11) is -2.68. The van der Waals surface area contributed by atoms with Gasteiger partial charge in [-0.15, -0.1) is 0 Å². The Balaban J connectivity index is 2.55. The van der Waals surface area contributed by atoms with Crippen LogP contribution in [0.5, 0.6) is 5.75 Å². The van der Waals surface area contributed by atoms with Crippen molar-refractivity contribution in [2.24, 2.45) is 0 Å². The second-order valence-electron chi connectivity index (χ2n) is 3.16. The fraction of sp³-hybridized carbons (Fsp3) is 0.400. The van der Waals surface area contributed by atoms with Crippen molar-refractivity contribution in [2.45, 2.75) is 13.3 Å². The summed E-state index contributed by atoms with van der Waals surface area (Å²) in [6.07, 6.45) is 0.940. The van der Waals surface area contributed by atoms with Crippen molar-refractivity contribution in [1.82, 2.24) is 5.09 Å². The molecule has 3 nitrogen and oxygen atoms in total. The average Bonchev–Trinajstić information content (AvgIpc) is 2.16. The Hall–Kier alpha value is -0.790. The van der Waals surface area contributed by atoms with Gasteiger partial charge in [-0.05, 0) is 18.6 Å². The molecule has 14 heavy (non-hydrogen) atoms. The topological polar surface area (TPSA) is 38.3 Å². The standard InChI is InChI=1S/C10H16NO2P/c1-3-9-11-14(2,12)13-10-7-5-4-6-8-10/h4-8H,3,9H2,1-2H3,(H,11,12). The van der Waals surface area contributed by atoms with Crippen LogP contribution < -0.4 is 9.61 Å². The van der Waals surface area contributed by atoms with Gasteiger partial charge < -0.3 is 4.52 Å². The highest BCUT2D eigenvalue weighted by atomic mass is 31.2. The van der Waals surface area contributed by atoms with E-state index in [1.165, 1.54) is 0 Å². The summed E-state index contributed by atoms with van der Waals surface area (Å²) in [4.78, 5) is 0. The molecular weight excluding hydrogens is 197 g/mol. The first-order valence-electron chi connectivity index (χ1n) is 4.71. The molecule has 0 fully saturated rings. The molecule has 1 atom stereocenters. The van der Waals surface area contributed by atoms with Crippen molar-refractivity contribution >= 4 is 7.52 Å². The zero-order chi connectivity index (χ0) is 10.4. The molecule has 0 saturated carbocycles. The molecule has 4 heteroatoms. The SMILES string of the molecule is CCCNP(C)(=O)Oc1ccccc1. The first kappa shape index (κ1) is 11.3. The number of rotatable bonds is 5. The molecule has 0 saturated heterocycles. The Bertz CT molecular complexity index is 313. The van der Waals surface area contributed by atoms with Gasteiger partial charge in [-0.25, -0.2) is 5.09 Å². The monoisotopic (exact) mass is 213 g/mol. The molecule has 0 aliphatic rings. The van der Waals surface area contributed by atoms with Crippen molar-refractivity contribution in [3.05, 3.63) is 30.3 Å². The van der Waals surface area contributed by atoms with E-state index >= 15 is 0 Å². The summed E-state index contributed by atoms with van der Waals surface area (Å²) in [6, 6.07) is 9.20. The molecule has 1 rings (SSSR count). The normalized spacial score (nSPS) is 14.7. The van der Waals surface area contributed by atoms with Crippen LogP contribution in [0.15, 0.2) is 30.3 Å². The average molecular weight is 213 g/mol. The molecule has 1 aromatic carbocycles. The zero-order valence-corrected chi connectivity index (χ0v) is 9.46. The van der Waals surface area contributed by atoms with Gasteiger partial charge in [0.15, 0.2) is 0 Å². The molecule has 1 aromatic rings. The van der Waals surface area contributed by atoms with Gasteiger partial charge in [0.25, 0.3) is 0 Å². The third kappa shape index (κ3) is 3.95. The predicted octanol–water partition coefficient (Wildman–Crippen LogP) is 2.89. The fourth-order valence-corrected chi connectivity index (χ4v) is 2.25. The van der Waals surface area contributed by atoms with Crippen LogP contribution in [0.2, 0.25) is 0 Å². The van der Waals surface area contributed by atoms with Crippen LogP contribution in [0.25, 0.3) is 0 Å². The summed E-state index contributed by atoms with van der Waals surface area (Å²) in [5, 5.41) is 2.89. The third-order valence-corrected chi connectivity index (χ3v) is 3.03. The Morgan fingerprint density at radius 1 is 1.36 bits per heavy atom. The number of benzene rings is 1. The Labute approximate surface area is 85.0 Å². The minimum atomic E-state index is -2.68. The molecule has 0 aliphatic carbocycles. The summed E-state index contributed by atoms with van der Waals surface area (Å²) in [5.41, 5.74) is 0. The van der Waals surface area contributed by atoms with Crippen LogP contribution in [-0.4, -0.2) is 13.2 Å². The van der Waals surface area contributed by atoms with Gasteiger partial charge in [-0.2, -0.15) is 0 Å². The quantitative estimate of drug-likeness (QED) is 0.764. The van der Waals surface area contributed by atoms with Gasteiger partial charge in [0.2, 0.25) is 0 Å². The highest BCUT2D eigenvalue weighted by Gasteiger charge is 2.15. The van der Waals surface area contributed by atoms with Crippen LogP contribution in [-0.2, 0) is 4.57 Å². The number of nitrogens with one attached hydrogen (secondary N) is 1. The largest absolute Gasteiger partial charge is 0.433 e. The van der Waals surface area contributed by atoms with E-state index < -0.39 is 7.52 Å². The Morgan fingerprint density at radius 2 is 2.00 bits per heavy atom. The second-order valence-corrected chi connectivity index (χ2v) is 5.35. The van der Waals surface area contributed by atoms with Crippen LogP contribution in [0.1, 0.15) is 13.3 Å². The first-order chi connectivity index (χ1) is 6.64. The molecule has 0 bridgehead atoms. The minimum absolute atomic E-state index is 0.641. The van der Waals surface area contributed by atoms with Crippen molar-refractivity contribution in [1.29, 1.82) is 0 Å². The summed E-state index contributed by atoms with van der Waals surface area (Å²) < 4.78 is 17.2. The highest BCUT2D eigenvalue weighted by Crippen LogP contribution is 2.38. The lowest BCUT2D eigenvalue weighted by molar-refractivity contribution is 0.473. The van der Waals surface area contributed by atoms with E-state index in [0.29, 0.717) is 12.3 Å². The van der Waals surface area contributed by atoms with Gasteiger partial charge in [0.1, 0.15) is 5.75 Å². The van der Waals surface area contributed by atoms with Crippen molar-refractivity contribution in [3.63, 3.8) is 0 Å². The van der Waals surface area contributed by atoms with Crippen molar-refractivity contribution in [3.8, 4) is 5.75 Å². The van der Waals surface area contributed by atoms with Crippen molar-refractivity contribution in [2.75, 3.05) is 13.2 Å². The molecule has 78 valence electrons. The predicted molar refractivity (Wildman–Crippen MR) is 58.9 cm³/mol. The van der Waals surface area contributed by atoms with E-state index in [1.807, 2.05) is 25.1 Å². The lowest BCUT2D eigenvalue weighted by Crippen LogP contribution is -2.14. The van der Waals surface area contributed by atoms with Crippen LogP contribution in [0.3, 0.4) is 0 Å². The molecular formula is C10H16NO2P. The van der Waals surface area contributed by atoms with Gasteiger partial charge in [-0.1, -0.05) is 25.1 Å². The summed E-state index contributed by atoms with van der Waals surface area (Å²) in [5.74, 6) is 0.641. The maximum Gasteiger partial charge on any atom is 0.313 e.